The van der Waals surface area contributed by atoms with Gasteiger partial charge >= 0.3 is 12.1 Å². The first-order valence-electron chi connectivity index (χ1n) is 8.22. The van der Waals surface area contributed by atoms with Gasteiger partial charge in [-0.1, -0.05) is 0 Å². The van der Waals surface area contributed by atoms with Crippen molar-refractivity contribution >= 4 is 18.0 Å². The van der Waals surface area contributed by atoms with Gasteiger partial charge < -0.3 is 24.1 Å². The predicted octanol–water partition coefficient (Wildman–Crippen LogP) is 1.73. The van der Waals surface area contributed by atoms with Crippen LogP contribution in [0.3, 0.4) is 0 Å². The number of esters is 1. The van der Waals surface area contributed by atoms with E-state index in [2.05, 4.69) is 5.32 Å². The summed E-state index contributed by atoms with van der Waals surface area (Å²) in [6.07, 6.45) is 1.25. The van der Waals surface area contributed by atoms with Gasteiger partial charge in [-0.2, -0.15) is 0 Å². The van der Waals surface area contributed by atoms with E-state index in [1.807, 2.05) is 0 Å². The third kappa shape index (κ3) is 3.20. The quantitative estimate of drug-likeness (QED) is 0.816. The van der Waals surface area contributed by atoms with Crippen molar-refractivity contribution in [3.63, 3.8) is 0 Å². The summed E-state index contributed by atoms with van der Waals surface area (Å²) in [5, 5.41) is 2.90. The lowest BCUT2D eigenvalue weighted by Gasteiger charge is -2.51. The lowest BCUT2D eigenvalue weighted by atomic mass is 9.81. The summed E-state index contributed by atoms with van der Waals surface area (Å²) in [6, 6.07) is 0. The summed E-state index contributed by atoms with van der Waals surface area (Å²) < 4.78 is 15.7. The zero-order chi connectivity index (χ0) is 18.4. The van der Waals surface area contributed by atoms with Crippen molar-refractivity contribution in [2.24, 2.45) is 0 Å². The van der Waals surface area contributed by atoms with Crippen LogP contribution in [0.4, 0.5) is 4.79 Å². The van der Waals surface area contributed by atoms with E-state index >= 15 is 0 Å². The Morgan fingerprint density at radius 2 is 2.04 bits per heavy atom. The Kier molecular flexibility index (Phi) is 4.01. The number of furan rings is 1. The SMILES string of the molecule is CCOC(=O)c1coc2c1C(=O)NC1(C2)CN(C(=O)OC(C)(C)C)C1. The van der Waals surface area contributed by atoms with Crippen LogP contribution in [0, 0.1) is 0 Å². The Hall–Kier alpha value is -2.51. The maximum atomic E-state index is 12.5. The fourth-order valence-corrected chi connectivity index (χ4v) is 3.12. The largest absolute Gasteiger partial charge is 0.467 e. The minimum Gasteiger partial charge on any atom is -0.467 e. The van der Waals surface area contributed by atoms with Gasteiger partial charge in [0.15, 0.2) is 0 Å². The average Bonchev–Trinajstić information content (AvgIpc) is 2.87. The fourth-order valence-electron chi connectivity index (χ4n) is 3.12. The molecule has 25 heavy (non-hydrogen) atoms. The molecule has 0 atom stereocenters. The number of nitrogens with one attached hydrogen (secondary N) is 1. The first-order chi connectivity index (χ1) is 11.6. The monoisotopic (exact) mass is 350 g/mol. The highest BCUT2D eigenvalue weighted by molar-refractivity contribution is 6.07. The molecule has 8 nitrogen and oxygen atoms in total. The molecule has 8 heteroatoms. The lowest BCUT2D eigenvalue weighted by molar-refractivity contribution is -0.0179. The van der Waals surface area contributed by atoms with Gasteiger partial charge in [0.2, 0.25) is 0 Å². The standard InChI is InChI=1S/C17H22N2O6/c1-5-23-14(21)10-7-24-11-6-17(18-13(20)12(10)11)8-19(9-17)15(22)25-16(2,3)4/h7H,5-6,8-9H2,1-4H3,(H,18,20). The number of hydrogen-bond donors (Lipinski definition) is 1. The molecule has 1 spiro atoms. The number of rotatable bonds is 2. The zero-order valence-electron chi connectivity index (χ0n) is 14.8. The van der Waals surface area contributed by atoms with Crippen LogP contribution in [0.2, 0.25) is 0 Å². The number of amides is 2. The van der Waals surface area contributed by atoms with Gasteiger partial charge in [-0.25, -0.2) is 9.59 Å². The number of hydrogen-bond acceptors (Lipinski definition) is 6. The molecule has 3 heterocycles. The molecule has 0 aromatic carbocycles. The Morgan fingerprint density at radius 3 is 2.64 bits per heavy atom. The summed E-state index contributed by atoms with van der Waals surface area (Å²) in [5.41, 5.74) is -0.796. The third-order valence-electron chi connectivity index (χ3n) is 4.11. The molecule has 2 aliphatic rings. The molecule has 1 fully saturated rings. The molecule has 0 saturated carbocycles. The second-order valence-electron chi connectivity index (χ2n) is 7.42. The van der Waals surface area contributed by atoms with E-state index in [4.69, 9.17) is 13.9 Å². The molecule has 0 bridgehead atoms. The van der Waals surface area contributed by atoms with Crippen LogP contribution in [-0.2, 0) is 15.9 Å². The van der Waals surface area contributed by atoms with Crippen LogP contribution in [0.25, 0.3) is 0 Å². The molecule has 1 aromatic rings. The second-order valence-corrected chi connectivity index (χ2v) is 7.42. The van der Waals surface area contributed by atoms with E-state index in [0.717, 1.165) is 0 Å². The van der Waals surface area contributed by atoms with Crippen molar-refractivity contribution in [2.75, 3.05) is 19.7 Å². The van der Waals surface area contributed by atoms with Gasteiger partial charge in [-0.3, -0.25) is 4.79 Å². The first kappa shape index (κ1) is 17.3. The highest BCUT2D eigenvalue weighted by Crippen LogP contribution is 2.34. The van der Waals surface area contributed by atoms with E-state index in [1.165, 1.54) is 11.2 Å². The number of fused-ring (bicyclic) bond motifs is 1. The van der Waals surface area contributed by atoms with Crippen LogP contribution in [0.5, 0.6) is 0 Å². The number of carbonyl (C=O) groups is 3. The van der Waals surface area contributed by atoms with Crippen molar-refractivity contribution in [3.8, 4) is 0 Å². The fraction of sp³-hybridized carbons (Fsp3) is 0.588. The molecule has 0 aliphatic carbocycles. The molecule has 1 aromatic heterocycles. The molecule has 3 rings (SSSR count). The first-order valence-corrected chi connectivity index (χ1v) is 8.22. The molecule has 0 unspecified atom stereocenters. The highest BCUT2D eigenvalue weighted by atomic mass is 16.6. The van der Waals surface area contributed by atoms with Crippen LogP contribution in [0.1, 0.15) is 54.2 Å². The van der Waals surface area contributed by atoms with Crippen molar-refractivity contribution < 1.29 is 28.3 Å². The van der Waals surface area contributed by atoms with E-state index in [9.17, 15) is 14.4 Å². The van der Waals surface area contributed by atoms with E-state index < -0.39 is 23.2 Å². The van der Waals surface area contributed by atoms with Crippen LogP contribution < -0.4 is 5.32 Å². The third-order valence-corrected chi connectivity index (χ3v) is 4.11. The molecular formula is C17H22N2O6. The zero-order valence-corrected chi connectivity index (χ0v) is 14.8. The minimum atomic E-state index is -0.581. The number of likely N-dealkylation sites (tertiary alicyclic amines) is 1. The molecule has 0 radical (unpaired) electrons. The Morgan fingerprint density at radius 1 is 1.36 bits per heavy atom. The van der Waals surface area contributed by atoms with Crippen LogP contribution in [-0.4, -0.2) is 53.7 Å². The van der Waals surface area contributed by atoms with E-state index in [1.54, 1.807) is 27.7 Å². The molecular weight excluding hydrogens is 328 g/mol. The Labute approximate surface area is 145 Å². The van der Waals surface area contributed by atoms with Crippen molar-refractivity contribution in [2.45, 2.75) is 45.3 Å². The summed E-state index contributed by atoms with van der Waals surface area (Å²) in [6.45, 7) is 7.98. The van der Waals surface area contributed by atoms with Crippen LogP contribution in [0.15, 0.2) is 10.7 Å². The summed E-state index contributed by atoms with van der Waals surface area (Å²) >= 11 is 0. The maximum absolute atomic E-state index is 12.5. The van der Waals surface area contributed by atoms with Crippen molar-refractivity contribution in [1.29, 1.82) is 0 Å². The summed E-state index contributed by atoms with van der Waals surface area (Å²) in [7, 11) is 0. The van der Waals surface area contributed by atoms with E-state index in [-0.39, 0.29) is 23.6 Å². The molecule has 1 saturated heterocycles. The van der Waals surface area contributed by atoms with Gasteiger partial charge in [0.25, 0.3) is 5.91 Å². The Balaban J connectivity index is 1.71. The molecule has 2 amide bonds. The summed E-state index contributed by atoms with van der Waals surface area (Å²) in [5.74, 6) is -0.528. The number of nitrogens with zero attached hydrogens (tertiary/aromatic N) is 1. The van der Waals surface area contributed by atoms with Gasteiger partial charge in [0.05, 0.1) is 17.7 Å². The molecule has 1 N–H and O–H groups in total. The van der Waals surface area contributed by atoms with Crippen molar-refractivity contribution in [1.82, 2.24) is 10.2 Å². The highest BCUT2D eigenvalue weighted by Gasteiger charge is 2.52. The van der Waals surface area contributed by atoms with Gasteiger partial charge in [-0.15, -0.1) is 0 Å². The Bertz CT molecular complexity index is 724. The van der Waals surface area contributed by atoms with Gasteiger partial charge in [-0.05, 0) is 27.7 Å². The van der Waals surface area contributed by atoms with E-state index in [0.29, 0.717) is 25.3 Å². The summed E-state index contributed by atoms with van der Waals surface area (Å²) in [4.78, 5) is 38.0. The molecule has 2 aliphatic heterocycles. The predicted molar refractivity (Wildman–Crippen MR) is 86.4 cm³/mol. The average molecular weight is 350 g/mol. The number of carbonyl (C=O) groups excluding carboxylic acids is 3. The lowest BCUT2D eigenvalue weighted by Crippen LogP contribution is -2.73. The van der Waals surface area contributed by atoms with Crippen molar-refractivity contribution in [3.05, 3.63) is 23.2 Å². The minimum absolute atomic E-state index is 0.132. The second kappa shape index (κ2) is 5.79. The van der Waals surface area contributed by atoms with Gasteiger partial charge in [0, 0.05) is 19.5 Å². The molecule has 136 valence electrons. The smallest absolute Gasteiger partial charge is 0.410 e. The normalized spacial score (nSPS) is 18.2. The van der Waals surface area contributed by atoms with Gasteiger partial charge in [0.1, 0.15) is 23.2 Å². The maximum Gasteiger partial charge on any atom is 0.410 e. The van der Waals surface area contributed by atoms with Crippen LogP contribution >= 0.6 is 0 Å². The number of ether oxygens (including phenoxy) is 2. The topological polar surface area (TPSA) is 98.1 Å².